The number of nitro benzene ring substituents is 1. The molecule has 33 heavy (non-hydrogen) atoms. The number of amides is 1. The molecule has 0 saturated carbocycles. The summed E-state index contributed by atoms with van der Waals surface area (Å²) < 4.78 is 11.9. The number of carbonyl (C=O) groups is 1. The van der Waals surface area contributed by atoms with Gasteiger partial charge in [-0.05, 0) is 45.8 Å². The Balaban J connectivity index is 1.71. The Morgan fingerprint density at radius 3 is 2.61 bits per heavy atom. The molecule has 0 fully saturated rings. The average molecular weight is 553 g/mol. The second kappa shape index (κ2) is 11.1. The van der Waals surface area contributed by atoms with Crippen molar-refractivity contribution in [3.8, 4) is 11.5 Å². The molecule has 0 atom stereocenters. The maximum Gasteiger partial charge on any atom is 0.272 e. The number of non-ortho nitro benzene ring substituents is 1. The van der Waals surface area contributed by atoms with E-state index in [1.165, 1.54) is 25.5 Å². The number of hydrogen-bond acceptors (Lipinski definition) is 6. The molecular weight excluding hydrogens is 537 g/mol. The van der Waals surface area contributed by atoms with Crippen LogP contribution in [0.5, 0.6) is 11.5 Å². The molecule has 0 bridgehead atoms. The zero-order chi connectivity index (χ0) is 24.0. The van der Waals surface area contributed by atoms with Crippen LogP contribution >= 0.6 is 39.1 Å². The molecule has 0 aliphatic heterocycles. The number of methoxy groups -OCH3 is 1. The van der Waals surface area contributed by atoms with Crippen LogP contribution in [0.2, 0.25) is 10.0 Å². The van der Waals surface area contributed by atoms with E-state index in [1.807, 2.05) is 18.2 Å². The number of benzene rings is 3. The SMILES string of the molecule is COc1cc(/C=N/NC(=O)c2ccc([N+](=O)[O-])cc2Cl)cc(Br)c1OCc1ccccc1Cl. The Bertz CT molecular complexity index is 1240. The van der Waals surface area contributed by atoms with Crippen LogP contribution in [0.1, 0.15) is 21.5 Å². The zero-order valence-electron chi connectivity index (χ0n) is 17.1. The minimum absolute atomic E-state index is 0.0543. The highest BCUT2D eigenvalue weighted by molar-refractivity contribution is 9.10. The lowest BCUT2D eigenvalue weighted by Crippen LogP contribution is -2.18. The monoisotopic (exact) mass is 551 g/mol. The number of hydrazone groups is 1. The first kappa shape index (κ1) is 24.5. The van der Waals surface area contributed by atoms with Gasteiger partial charge in [0, 0.05) is 22.7 Å². The van der Waals surface area contributed by atoms with Gasteiger partial charge in [0.25, 0.3) is 11.6 Å². The van der Waals surface area contributed by atoms with Crippen LogP contribution in [0.15, 0.2) is 64.2 Å². The van der Waals surface area contributed by atoms with E-state index < -0.39 is 10.8 Å². The molecule has 0 aliphatic carbocycles. The Morgan fingerprint density at radius 1 is 1.18 bits per heavy atom. The predicted octanol–water partition coefficient (Wildman–Crippen LogP) is 6.02. The minimum atomic E-state index is -0.614. The quantitative estimate of drug-likeness (QED) is 0.209. The number of carbonyl (C=O) groups excluding carboxylic acids is 1. The number of nitrogens with zero attached hydrogens (tertiary/aromatic N) is 2. The summed E-state index contributed by atoms with van der Waals surface area (Å²) in [5.74, 6) is 0.316. The number of ether oxygens (including phenoxy) is 2. The van der Waals surface area contributed by atoms with Crippen molar-refractivity contribution in [3.63, 3.8) is 0 Å². The molecule has 3 rings (SSSR count). The molecule has 0 saturated heterocycles. The molecule has 0 aliphatic rings. The fourth-order valence-corrected chi connectivity index (χ4v) is 3.77. The van der Waals surface area contributed by atoms with E-state index in [9.17, 15) is 14.9 Å². The summed E-state index contributed by atoms with van der Waals surface area (Å²) >= 11 is 15.6. The van der Waals surface area contributed by atoms with E-state index in [0.717, 1.165) is 11.6 Å². The summed E-state index contributed by atoms with van der Waals surface area (Å²) in [6.45, 7) is 0.244. The maximum atomic E-state index is 12.3. The third-order valence-corrected chi connectivity index (χ3v) is 5.64. The van der Waals surface area contributed by atoms with Crippen LogP contribution in [0.3, 0.4) is 0 Å². The van der Waals surface area contributed by atoms with Gasteiger partial charge in [-0.1, -0.05) is 41.4 Å². The minimum Gasteiger partial charge on any atom is -0.493 e. The van der Waals surface area contributed by atoms with Gasteiger partial charge in [-0.25, -0.2) is 5.43 Å². The molecular formula is C22H16BrCl2N3O5. The Hall–Kier alpha value is -3.14. The molecule has 0 heterocycles. The van der Waals surface area contributed by atoms with Crippen molar-refractivity contribution in [2.75, 3.05) is 7.11 Å². The van der Waals surface area contributed by atoms with Gasteiger partial charge in [0.2, 0.25) is 0 Å². The lowest BCUT2D eigenvalue weighted by molar-refractivity contribution is -0.384. The number of rotatable bonds is 8. The van der Waals surface area contributed by atoms with Crippen molar-refractivity contribution in [1.82, 2.24) is 5.43 Å². The highest BCUT2D eigenvalue weighted by Crippen LogP contribution is 2.37. The van der Waals surface area contributed by atoms with Gasteiger partial charge >= 0.3 is 0 Å². The molecule has 3 aromatic rings. The Morgan fingerprint density at radius 2 is 1.94 bits per heavy atom. The molecule has 8 nitrogen and oxygen atoms in total. The smallest absolute Gasteiger partial charge is 0.272 e. The van der Waals surface area contributed by atoms with Crippen LogP contribution in [-0.2, 0) is 6.61 Å². The largest absolute Gasteiger partial charge is 0.493 e. The Labute approximate surface area is 207 Å². The van der Waals surface area contributed by atoms with E-state index in [0.29, 0.717) is 26.6 Å². The molecule has 11 heteroatoms. The van der Waals surface area contributed by atoms with E-state index in [2.05, 4.69) is 26.5 Å². The standard InChI is InChI=1S/C22H16BrCl2N3O5/c1-32-20-9-13(8-17(23)21(20)33-12-14-4-2-3-5-18(14)24)11-26-27-22(29)16-7-6-15(28(30)31)10-19(16)25/h2-11H,12H2,1H3,(H,27,29)/b26-11+. The molecule has 0 radical (unpaired) electrons. The van der Waals surface area contributed by atoms with Crippen LogP contribution in [0.25, 0.3) is 0 Å². The van der Waals surface area contributed by atoms with E-state index in [-0.39, 0.29) is 22.9 Å². The number of halogens is 3. The van der Waals surface area contributed by atoms with E-state index >= 15 is 0 Å². The molecule has 1 N–H and O–H groups in total. The molecule has 3 aromatic carbocycles. The third kappa shape index (κ3) is 6.22. The lowest BCUT2D eigenvalue weighted by atomic mass is 10.2. The summed E-state index contributed by atoms with van der Waals surface area (Å²) in [5.41, 5.74) is 3.61. The van der Waals surface area contributed by atoms with E-state index in [4.69, 9.17) is 32.7 Å². The van der Waals surface area contributed by atoms with Crippen molar-refractivity contribution in [2.45, 2.75) is 6.61 Å². The summed E-state index contributed by atoms with van der Waals surface area (Å²) in [5, 5.41) is 15.2. The number of nitrogens with one attached hydrogen (secondary N) is 1. The first-order chi connectivity index (χ1) is 15.8. The maximum absolute atomic E-state index is 12.3. The van der Waals surface area contributed by atoms with Crippen molar-refractivity contribution in [2.24, 2.45) is 5.10 Å². The number of nitro groups is 1. The highest BCUT2D eigenvalue weighted by Gasteiger charge is 2.15. The van der Waals surface area contributed by atoms with E-state index in [1.54, 1.807) is 18.2 Å². The van der Waals surface area contributed by atoms with Gasteiger partial charge in [-0.3, -0.25) is 14.9 Å². The van der Waals surface area contributed by atoms with Gasteiger partial charge in [-0.2, -0.15) is 5.10 Å². The molecule has 1 amide bonds. The van der Waals surface area contributed by atoms with Crippen molar-refractivity contribution in [1.29, 1.82) is 0 Å². The summed E-state index contributed by atoms with van der Waals surface area (Å²) in [7, 11) is 1.50. The topological polar surface area (TPSA) is 103 Å². The molecule has 0 unspecified atom stereocenters. The van der Waals surface area contributed by atoms with Crippen LogP contribution in [0.4, 0.5) is 5.69 Å². The lowest BCUT2D eigenvalue weighted by Gasteiger charge is -2.14. The molecule has 0 aromatic heterocycles. The Kier molecular flexibility index (Phi) is 8.26. The van der Waals surface area contributed by atoms with Crippen molar-refractivity contribution >= 4 is 56.9 Å². The molecule has 170 valence electrons. The average Bonchev–Trinajstić information content (AvgIpc) is 2.78. The van der Waals surface area contributed by atoms with Gasteiger partial charge < -0.3 is 9.47 Å². The summed E-state index contributed by atoms with van der Waals surface area (Å²) in [6, 6.07) is 14.3. The van der Waals surface area contributed by atoms with Crippen molar-refractivity contribution < 1.29 is 19.2 Å². The molecule has 0 spiro atoms. The first-order valence-corrected chi connectivity index (χ1v) is 10.9. The number of hydrogen-bond donors (Lipinski definition) is 1. The van der Waals surface area contributed by atoms with Crippen LogP contribution in [-0.4, -0.2) is 24.2 Å². The van der Waals surface area contributed by atoms with Gasteiger partial charge in [0.15, 0.2) is 11.5 Å². The highest BCUT2D eigenvalue weighted by atomic mass is 79.9. The summed E-state index contributed by atoms with van der Waals surface area (Å²) in [6.07, 6.45) is 1.41. The van der Waals surface area contributed by atoms with Gasteiger partial charge in [0.05, 0.1) is 33.3 Å². The fourth-order valence-electron chi connectivity index (χ4n) is 2.75. The first-order valence-electron chi connectivity index (χ1n) is 9.31. The van der Waals surface area contributed by atoms with Gasteiger partial charge in [0.1, 0.15) is 6.61 Å². The third-order valence-electron chi connectivity index (χ3n) is 4.37. The second-order valence-corrected chi connectivity index (χ2v) is 8.20. The summed E-state index contributed by atoms with van der Waals surface area (Å²) in [4.78, 5) is 22.5. The van der Waals surface area contributed by atoms with Crippen LogP contribution in [0, 0.1) is 10.1 Å². The predicted molar refractivity (Wildman–Crippen MR) is 130 cm³/mol. The van der Waals surface area contributed by atoms with Crippen LogP contribution < -0.4 is 14.9 Å². The zero-order valence-corrected chi connectivity index (χ0v) is 20.1. The van der Waals surface area contributed by atoms with Crippen molar-refractivity contribution in [3.05, 3.63) is 95.9 Å². The van der Waals surface area contributed by atoms with Gasteiger partial charge in [-0.15, -0.1) is 0 Å². The normalized spacial score (nSPS) is 10.8. The fraction of sp³-hybridized carbons (Fsp3) is 0.0909. The second-order valence-electron chi connectivity index (χ2n) is 6.53.